The average Bonchev–Trinajstić information content (AvgIpc) is 2.57. The Hall–Kier alpha value is -0.123. The van der Waals surface area contributed by atoms with Gasteiger partial charge in [0, 0.05) is 6.42 Å². The van der Waals surface area contributed by atoms with E-state index < -0.39 is 13.9 Å². The van der Waals surface area contributed by atoms with E-state index in [2.05, 4.69) is 26.6 Å². The normalized spacial score (nSPS) is 23.2. The van der Waals surface area contributed by atoms with E-state index in [1.54, 1.807) is 0 Å². The summed E-state index contributed by atoms with van der Waals surface area (Å²) in [6.07, 6.45) is 10.8. The van der Waals surface area contributed by atoms with Crippen LogP contribution in [0, 0.1) is 0 Å². The second kappa shape index (κ2) is 7.76. The summed E-state index contributed by atoms with van der Waals surface area (Å²) in [5.74, 6) is 0.0379. The van der Waals surface area contributed by atoms with E-state index >= 15 is 0 Å². The van der Waals surface area contributed by atoms with Crippen LogP contribution in [0.5, 0.6) is 0 Å². The molecule has 116 valence electrons. The number of rotatable bonds is 9. The van der Waals surface area contributed by atoms with Gasteiger partial charge in [-0.05, 0) is 32.1 Å². The molecule has 0 spiro atoms. The van der Waals surface area contributed by atoms with E-state index in [4.69, 9.17) is 16.0 Å². The molecule has 1 atom stereocenters. The van der Waals surface area contributed by atoms with Gasteiger partial charge in [0.05, 0.1) is 10.6 Å². The molecule has 1 aliphatic rings. The monoisotopic (exact) mass is 316 g/mol. The summed E-state index contributed by atoms with van der Waals surface area (Å²) < 4.78 is 6.31. The van der Waals surface area contributed by atoms with Gasteiger partial charge in [-0.2, -0.15) is 0 Å². The predicted molar refractivity (Wildman–Crippen MR) is 88.7 cm³/mol. The van der Waals surface area contributed by atoms with E-state index in [0.29, 0.717) is 11.5 Å². The molecule has 0 aromatic carbocycles. The lowest BCUT2D eigenvalue weighted by Gasteiger charge is -2.34. The summed E-state index contributed by atoms with van der Waals surface area (Å²) in [5, 5.41) is 0.370. The Bertz CT molecular complexity index is 360. The molecule has 0 radical (unpaired) electrons. The fraction of sp³-hybridized carbons (Fsp3) is 0.812. The van der Waals surface area contributed by atoms with Crippen LogP contribution in [0.25, 0.3) is 0 Å². The molecule has 0 bridgehead atoms. The van der Waals surface area contributed by atoms with Crippen LogP contribution in [-0.4, -0.2) is 19.7 Å². The molecule has 20 heavy (non-hydrogen) atoms. The summed E-state index contributed by atoms with van der Waals surface area (Å²) >= 11 is 6.00. The fourth-order valence-electron chi connectivity index (χ4n) is 2.81. The first kappa shape index (κ1) is 17.9. The Balaban J connectivity index is 2.51. The molecule has 0 saturated carbocycles. The molecule has 0 heterocycles. The topological polar surface area (TPSA) is 26.3 Å². The van der Waals surface area contributed by atoms with Crippen LogP contribution in [0.2, 0.25) is 19.6 Å². The van der Waals surface area contributed by atoms with Crippen molar-refractivity contribution in [1.29, 1.82) is 0 Å². The SMILES string of the molecule is CCCCCCCCC1(O[Si](C)(C)C)C=C(Cl)C(=O)C1. The largest absolute Gasteiger partial charge is 0.408 e. The van der Waals surface area contributed by atoms with Crippen molar-refractivity contribution < 1.29 is 9.22 Å². The number of Topliss-reactive ketones (excluding diaryl/α,β-unsaturated/α-hetero) is 1. The van der Waals surface area contributed by atoms with Gasteiger partial charge >= 0.3 is 0 Å². The molecule has 2 nitrogen and oxygen atoms in total. The molecule has 0 aliphatic heterocycles. The van der Waals surface area contributed by atoms with Gasteiger partial charge in [-0.1, -0.05) is 57.0 Å². The highest BCUT2D eigenvalue weighted by Gasteiger charge is 2.41. The first-order chi connectivity index (χ1) is 9.28. The number of unbranched alkanes of at least 4 members (excludes halogenated alkanes) is 5. The minimum absolute atomic E-state index is 0.0379. The van der Waals surface area contributed by atoms with Gasteiger partial charge in [-0.25, -0.2) is 0 Å². The van der Waals surface area contributed by atoms with E-state index in [1.165, 1.54) is 32.1 Å². The quantitative estimate of drug-likeness (QED) is 0.419. The molecule has 1 rings (SSSR count). The van der Waals surface area contributed by atoms with E-state index in [0.717, 1.165) is 12.8 Å². The van der Waals surface area contributed by atoms with Gasteiger partial charge in [-0.15, -0.1) is 0 Å². The van der Waals surface area contributed by atoms with Crippen molar-refractivity contribution in [3.8, 4) is 0 Å². The summed E-state index contributed by atoms with van der Waals surface area (Å²) in [6, 6.07) is 0. The number of halogens is 1. The third kappa shape index (κ3) is 6.11. The molecule has 1 aliphatic carbocycles. The molecule has 1 unspecified atom stereocenters. The lowest BCUT2D eigenvalue weighted by molar-refractivity contribution is -0.116. The van der Waals surface area contributed by atoms with Crippen molar-refractivity contribution in [2.45, 2.75) is 83.5 Å². The summed E-state index contributed by atoms with van der Waals surface area (Å²) in [6.45, 7) is 8.73. The molecule has 0 saturated heterocycles. The van der Waals surface area contributed by atoms with Crippen molar-refractivity contribution in [2.24, 2.45) is 0 Å². The number of hydrogen-bond donors (Lipinski definition) is 0. The number of ketones is 1. The minimum atomic E-state index is -1.69. The second-order valence-corrected chi connectivity index (χ2v) is 11.7. The molecule has 0 amide bonds. The molecular weight excluding hydrogens is 288 g/mol. The van der Waals surface area contributed by atoms with Gasteiger partial charge < -0.3 is 4.43 Å². The number of carbonyl (C=O) groups is 1. The van der Waals surface area contributed by atoms with Crippen molar-refractivity contribution in [3.63, 3.8) is 0 Å². The van der Waals surface area contributed by atoms with Gasteiger partial charge in [0.2, 0.25) is 0 Å². The summed E-state index contributed by atoms with van der Waals surface area (Å²) in [4.78, 5) is 11.8. The highest BCUT2D eigenvalue weighted by molar-refractivity contribution is 6.69. The molecule has 0 aromatic rings. The van der Waals surface area contributed by atoms with Crippen LogP contribution in [0.15, 0.2) is 11.1 Å². The third-order valence-corrected chi connectivity index (χ3v) is 4.92. The zero-order valence-corrected chi connectivity index (χ0v) is 15.2. The van der Waals surface area contributed by atoms with Crippen molar-refractivity contribution in [3.05, 3.63) is 11.1 Å². The van der Waals surface area contributed by atoms with E-state index in [9.17, 15) is 4.79 Å². The maximum Gasteiger partial charge on any atom is 0.184 e. The molecule has 0 N–H and O–H groups in total. The van der Waals surface area contributed by atoms with Crippen LogP contribution in [0.1, 0.15) is 58.3 Å². The first-order valence-electron chi connectivity index (χ1n) is 7.90. The second-order valence-electron chi connectivity index (χ2n) is 6.89. The smallest absolute Gasteiger partial charge is 0.184 e. The average molecular weight is 317 g/mol. The zero-order chi connectivity index (χ0) is 15.2. The van der Waals surface area contributed by atoms with Gasteiger partial charge in [0.1, 0.15) is 0 Å². The van der Waals surface area contributed by atoms with Crippen LogP contribution < -0.4 is 0 Å². The Kier molecular flexibility index (Phi) is 6.96. The Morgan fingerprint density at radius 3 is 2.30 bits per heavy atom. The zero-order valence-electron chi connectivity index (χ0n) is 13.4. The summed E-state index contributed by atoms with van der Waals surface area (Å²) in [7, 11) is -1.69. The van der Waals surface area contributed by atoms with Crippen molar-refractivity contribution >= 4 is 25.7 Å². The van der Waals surface area contributed by atoms with Crippen molar-refractivity contribution in [1.82, 2.24) is 0 Å². The first-order valence-corrected chi connectivity index (χ1v) is 11.7. The number of hydrogen-bond acceptors (Lipinski definition) is 2. The van der Waals surface area contributed by atoms with Crippen molar-refractivity contribution in [2.75, 3.05) is 0 Å². The highest BCUT2D eigenvalue weighted by atomic mass is 35.5. The van der Waals surface area contributed by atoms with Crippen LogP contribution >= 0.6 is 11.6 Å². The van der Waals surface area contributed by atoms with Crippen LogP contribution in [-0.2, 0) is 9.22 Å². The Labute approximate surface area is 130 Å². The minimum Gasteiger partial charge on any atom is -0.408 e. The lowest BCUT2D eigenvalue weighted by atomic mass is 9.95. The van der Waals surface area contributed by atoms with Crippen LogP contribution in [0.3, 0.4) is 0 Å². The van der Waals surface area contributed by atoms with Gasteiger partial charge in [-0.3, -0.25) is 4.79 Å². The fourth-order valence-corrected chi connectivity index (χ4v) is 4.53. The highest BCUT2D eigenvalue weighted by Crippen LogP contribution is 2.37. The molecular formula is C16H29ClO2Si. The third-order valence-electron chi connectivity index (χ3n) is 3.58. The van der Waals surface area contributed by atoms with E-state index in [-0.39, 0.29) is 5.78 Å². The Morgan fingerprint density at radius 1 is 1.20 bits per heavy atom. The lowest BCUT2D eigenvalue weighted by Crippen LogP contribution is -2.40. The Morgan fingerprint density at radius 2 is 1.80 bits per heavy atom. The number of carbonyl (C=O) groups excluding carboxylic acids is 1. The van der Waals surface area contributed by atoms with E-state index in [1.807, 2.05) is 6.08 Å². The number of allylic oxidation sites excluding steroid dienone is 1. The van der Waals surface area contributed by atoms with Gasteiger partial charge in [0.25, 0.3) is 0 Å². The van der Waals surface area contributed by atoms with Gasteiger partial charge in [0.15, 0.2) is 14.1 Å². The maximum atomic E-state index is 11.8. The summed E-state index contributed by atoms with van der Waals surface area (Å²) in [5.41, 5.74) is -0.413. The predicted octanol–water partition coefficient (Wildman–Crippen LogP) is 5.42. The maximum absolute atomic E-state index is 11.8. The molecule has 0 aromatic heterocycles. The van der Waals surface area contributed by atoms with Crippen LogP contribution in [0.4, 0.5) is 0 Å². The molecule has 4 heteroatoms. The molecule has 0 fully saturated rings. The standard InChI is InChI=1S/C16H29ClO2Si/c1-5-6-7-8-9-10-11-16(19-20(2,3)4)12-14(17)15(18)13-16/h12H,5-11,13H2,1-4H3.